The van der Waals surface area contributed by atoms with Crippen LogP contribution < -0.4 is 15.4 Å². The van der Waals surface area contributed by atoms with E-state index in [0.717, 1.165) is 4.90 Å². The number of alkyl carbamates (subject to hydrolysis) is 1. The molecule has 0 radical (unpaired) electrons. The van der Waals surface area contributed by atoms with Crippen molar-refractivity contribution >= 4 is 39.9 Å². The third-order valence-corrected chi connectivity index (χ3v) is 11.0. The van der Waals surface area contributed by atoms with Crippen molar-refractivity contribution in [3.63, 3.8) is 0 Å². The number of hydrogen-bond acceptors (Lipinski definition) is 9. The van der Waals surface area contributed by atoms with Gasteiger partial charge in [0.05, 0.1) is 24.3 Å². The van der Waals surface area contributed by atoms with Crippen LogP contribution in [0.25, 0.3) is 0 Å². The number of fused-ring (bicyclic) bond motifs is 1. The Morgan fingerprint density at radius 2 is 1.74 bits per heavy atom. The highest BCUT2D eigenvalue weighted by molar-refractivity contribution is 7.91. The third kappa shape index (κ3) is 7.94. The first-order valence-corrected chi connectivity index (χ1v) is 17.9. The Hall–Kier alpha value is -4.09. The number of nitrogens with one attached hydrogen (secondary N) is 3. The van der Waals surface area contributed by atoms with Gasteiger partial charge in [0.1, 0.15) is 35.1 Å². The highest BCUT2D eigenvalue weighted by atomic mass is 32.2. The zero-order chi connectivity index (χ0) is 36.9. The first-order chi connectivity index (χ1) is 23.2. The van der Waals surface area contributed by atoms with Gasteiger partial charge < -0.3 is 25.0 Å². The number of nitrogens with zero attached hydrogens (tertiary/aromatic N) is 2. The number of ether oxygens (including phenoxy) is 2. The van der Waals surface area contributed by atoms with E-state index in [4.69, 9.17) is 9.47 Å². The molecule has 2 aliphatic heterocycles. The van der Waals surface area contributed by atoms with Crippen LogP contribution in [0.2, 0.25) is 0 Å². The van der Waals surface area contributed by atoms with Crippen molar-refractivity contribution < 1.29 is 55.0 Å². The summed E-state index contributed by atoms with van der Waals surface area (Å²) in [5.74, 6) is -5.89. The summed E-state index contributed by atoms with van der Waals surface area (Å²) in [7, 11) is -4.15. The van der Waals surface area contributed by atoms with Crippen LogP contribution in [0.5, 0.6) is 0 Å². The highest BCUT2D eigenvalue weighted by Gasteiger charge is 2.66. The van der Waals surface area contributed by atoms with Gasteiger partial charge >= 0.3 is 12.2 Å². The number of halogens is 3. The molecular formula is C32H42F3N5O9S. The van der Waals surface area contributed by atoms with E-state index in [1.807, 2.05) is 4.72 Å². The molecule has 1 saturated heterocycles. The van der Waals surface area contributed by atoms with Gasteiger partial charge in [-0.2, -0.15) is 0 Å². The van der Waals surface area contributed by atoms with Crippen molar-refractivity contribution in [2.45, 2.75) is 114 Å². The lowest BCUT2D eigenvalue weighted by atomic mass is 10.0. The van der Waals surface area contributed by atoms with Crippen LogP contribution in [-0.2, 0) is 47.0 Å². The molecule has 3 fully saturated rings. The Morgan fingerprint density at radius 1 is 1.06 bits per heavy atom. The largest absolute Gasteiger partial charge is 0.444 e. The van der Waals surface area contributed by atoms with Gasteiger partial charge in [-0.05, 0) is 57.6 Å². The zero-order valence-corrected chi connectivity index (χ0v) is 29.2. The van der Waals surface area contributed by atoms with Crippen LogP contribution in [0.1, 0.15) is 71.4 Å². The van der Waals surface area contributed by atoms with Gasteiger partial charge in [-0.15, -0.1) is 0 Å². The Balaban J connectivity index is 1.37. The highest BCUT2D eigenvalue weighted by Crippen LogP contribution is 2.48. The van der Waals surface area contributed by atoms with Crippen LogP contribution in [0.15, 0.2) is 18.2 Å². The van der Waals surface area contributed by atoms with Gasteiger partial charge in [-0.1, -0.05) is 26.0 Å². The fraction of sp³-hybridized carbons (Fsp3) is 0.656. The number of sulfonamides is 1. The van der Waals surface area contributed by atoms with Gasteiger partial charge in [0.2, 0.25) is 28.3 Å². The molecule has 276 valence electrons. The third-order valence-electron chi connectivity index (χ3n) is 9.17. The molecule has 2 heterocycles. The minimum Gasteiger partial charge on any atom is -0.444 e. The first kappa shape index (κ1) is 37.2. The molecule has 0 aromatic heterocycles. The van der Waals surface area contributed by atoms with Crippen molar-refractivity contribution in [2.24, 2.45) is 11.8 Å². The maximum absolute atomic E-state index is 14.3. The van der Waals surface area contributed by atoms with E-state index in [1.165, 1.54) is 17.0 Å². The van der Waals surface area contributed by atoms with Crippen molar-refractivity contribution in [1.29, 1.82) is 0 Å². The average molecular weight is 730 g/mol. The molecule has 2 saturated carbocycles. The fourth-order valence-corrected chi connectivity index (χ4v) is 7.63. The van der Waals surface area contributed by atoms with Crippen LogP contribution >= 0.6 is 0 Å². The summed E-state index contributed by atoms with van der Waals surface area (Å²) in [6.45, 7) is 7.75. The van der Waals surface area contributed by atoms with Crippen LogP contribution in [0.3, 0.4) is 0 Å². The molecule has 0 spiro atoms. The predicted molar refractivity (Wildman–Crippen MR) is 169 cm³/mol. The maximum atomic E-state index is 14.3. The second kappa shape index (κ2) is 13.6. The number of amides is 5. The first-order valence-electron chi connectivity index (χ1n) is 16.4. The van der Waals surface area contributed by atoms with Gasteiger partial charge in [0.25, 0.3) is 5.91 Å². The number of rotatable bonds is 10. The van der Waals surface area contributed by atoms with E-state index in [9.17, 15) is 45.6 Å². The minimum absolute atomic E-state index is 0.0524. The lowest BCUT2D eigenvalue weighted by Crippen LogP contribution is -2.59. The number of carbonyl (C=O) groups excluding carboxylic acids is 5. The average Bonchev–Trinajstić information content (AvgIpc) is 3.90. The summed E-state index contributed by atoms with van der Waals surface area (Å²) >= 11 is 0. The van der Waals surface area contributed by atoms with Crippen molar-refractivity contribution in [2.75, 3.05) is 6.54 Å². The standard InChI is InChI=1S/C32H42F3N5O9S/c1-16(2)24(36-29(44)49-31(3,4)5)27(42)40-14-18(48-30(45)39-13-17-7-6-8-22(33)20(17)15-39)11-23(40)26(41)37-32(12-21(32)25(34)35)28(43)38-50(46,47)19-9-10-19/h6-8,16,18-19,21,23-25H,9-15H2,1-5H3,(H,36,44)(H,37,41)(H,38,43)/t18-,21+,23?,24+,32+/m1/s1. The van der Waals surface area contributed by atoms with Gasteiger partial charge in [0, 0.05) is 18.5 Å². The molecule has 50 heavy (non-hydrogen) atoms. The molecule has 3 N–H and O–H groups in total. The van der Waals surface area contributed by atoms with Gasteiger partial charge in [0.15, 0.2) is 0 Å². The van der Waals surface area contributed by atoms with Crippen molar-refractivity contribution in [3.05, 3.63) is 35.1 Å². The topological polar surface area (TPSA) is 181 Å². The lowest BCUT2D eigenvalue weighted by molar-refractivity contribution is -0.142. The minimum atomic E-state index is -4.15. The quantitative estimate of drug-likeness (QED) is 0.326. The van der Waals surface area contributed by atoms with Crippen LogP contribution in [0, 0.1) is 17.7 Å². The van der Waals surface area contributed by atoms with E-state index >= 15 is 0 Å². The molecule has 1 aromatic carbocycles. The predicted octanol–water partition coefficient (Wildman–Crippen LogP) is 2.55. The second-order valence-corrected chi connectivity index (χ2v) is 16.6. The van der Waals surface area contributed by atoms with E-state index in [0.29, 0.717) is 24.0 Å². The summed E-state index contributed by atoms with van der Waals surface area (Å²) in [5.41, 5.74) is -2.27. The molecule has 14 nitrogen and oxygen atoms in total. The number of benzene rings is 1. The molecule has 5 rings (SSSR count). The molecule has 5 atom stereocenters. The maximum Gasteiger partial charge on any atom is 0.410 e. The fourth-order valence-electron chi connectivity index (χ4n) is 6.27. The summed E-state index contributed by atoms with van der Waals surface area (Å²) < 4.78 is 80.0. The Labute approximate surface area is 287 Å². The van der Waals surface area contributed by atoms with Gasteiger partial charge in [-0.3, -0.25) is 24.0 Å². The molecule has 4 aliphatic rings. The van der Waals surface area contributed by atoms with Crippen LogP contribution in [-0.4, -0.2) is 95.7 Å². The summed E-state index contributed by atoms with van der Waals surface area (Å²) in [6, 6.07) is 1.70. The molecule has 18 heteroatoms. The van der Waals surface area contributed by atoms with E-state index in [-0.39, 0.29) is 26.1 Å². The van der Waals surface area contributed by atoms with Gasteiger partial charge in [-0.25, -0.2) is 31.2 Å². The Kier molecular flexibility index (Phi) is 10.1. The smallest absolute Gasteiger partial charge is 0.410 e. The molecule has 5 amide bonds. The molecule has 1 unspecified atom stereocenters. The summed E-state index contributed by atoms with van der Waals surface area (Å²) in [4.78, 5) is 69.3. The van der Waals surface area contributed by atoms with Crippen molar-refractivity contribution in [3.8, 4) is 0 Å². The Bertz CT molecular complexity index is 1670. The number of hydrogen-bond donors (Lipinski definition) is 3. The second-order valence-electron chi connectivity index (χ2n) is 14.6. The van der Waals surface area contributed by atoms with E-state index < -0.39 is 105 Å². The molecular weight excluding hydrogens is 687 g/mol. The van der Waals surface area contributed by atoms with Crippen molar-refractivity contribution in [1.82, 2.24) is 25.2 Å². The SMILES string of the molecule is CC(C)[C@H](NC(=O)OC(C)(C)C)C(=O)N1C[C@H](OC(=O)N2Cc3cccc(F)c3C2)CC1C(=O)N[C@@]1(C(=O)NS(=O)(=O)C2CC2)C[C@H]1C(F)F. The summed E-state index contributed by atoms with van der Waals surface area (Å²) in [6.07, 6.45) is -6.26. The normalized spacial score (nSPS) is 25.2. The summed E-state index contributed by atoms with van der Waals surface area (Å²) in [5, 5.41) is 3.96. The molecule has 0 bridgehead atoms. The lowest BCUT2D eigenvalue weighted by Gasteiger charge is -2.31. The Morgan fingerprint density at radius 3 is 2.30 bits per heavy atom. The number of carbonyl (C=O) groups is 5. The number of alkyl halides is 2. The molecule has 1 aromatic rings. The zero-order valence-electron chi connectivity index (χ0n) is 28.3. The van der Waals surface area contributed by atoms with E-state index in [2.05, 4.69) is 10.6 Å². The number of likely N-dealkylation sites (tertiary alicyclic amines) is 1. The van der Waals surface area contributed by atoms with Crippen LogP contribution in [0.4, 0.5) is 22.8 Å². The molecule has 2 aliphatic carbocycles. The monoisotopic (exact) mass is 729 g/mol. The van der Waals surface area contributed by atoms with E-state index in [1.54, 1.807) is 40.7 Å².